The van der Waals surface area contributed by atoms with Gasteiger partial charge < -0.3 is 20.0 Å². The number of unbranched alkanes of at least 4 members (excludes halogenated alkanes) is 16. The Hall–Kier alpha value is -2.12. The number of rotatable bonds is 29. The second-order valence-corrected chi connectivity index (χ2v) is 11.2. The summed E-state index contributed by atoms with van der Waals surface area (Å²) < 4.78 is 0. The van der Waals surface area contributed by atoms with Crippen LogP contribution in [0.3, 0.4) is 0 Å². The number of carboxylic acids is 2. The number of hydrogen-bond acceptors (Lipinski definition) is 4. The number of carboxylic acid groups (broad SMARTS) is 2. The van der Waals surface area contributed by atoms with Crippen LogP contribution in [0.25, 0.3) is 0 Å². The molecule has 0 aromatic carbocycles. The van der Waals surface area contributed by atoms with Crippen molar-refractivity contribution in [2.45, 2.75) is 155 Å². The lowest BCUT2D eigenvalue weighted by Crippen LogP contribution is -2.42. The fourth-order valence-electron chi connectivity index (χ4n) is 4.92. The van der Waals surface area contributed by atoms with Gasteiger partial charge in [0.1, 0.15) is 0 Å². The summed E-state index contributed by atoms with van der Waals surface area (Å²) in [6, 6.07) is 0. The van der Waals surface area contributed by atoms with Gasteiger partial charge >= 0.3 is 11.9 Å². The lowest BCUT2D eigenvalue weighted by molar-refractivity contribution is -0.141. The van der Waals surface area contributed by atoms with Crippen LogP contribution in [0.5, 0.6) is 0 Å². The van der Waals surface area contributed by atoms with Crippen molar-refractivity contribution in [2.75, 3.05) is 26.2 Å². The van der Waals surface area contributed by atoms with E-state index in [2.05, 4.69) is 13.8 Å². The average molecular weight is 569 g/mol. The summed E-state index contributed by atoms with van der Waals surface area (Å²) >= 11 is 0. The van der Waals surface area contributed by atoms with Crippen LogP contribution < -0.4 is 0 Å². The van der Waals surface area contributed by atoms with Crippen LogP contribution in [0.15, 0.2) is 0 Å². The Morgan fingerprint density at radius 3 is 0.950 bits per heavy atom. The number of nitrogens with zero attached hydrogens (tertiary/aromatic N) is 2. The van der Waals surface area contributed by atoms with E-state index >= 15 is 0 Å². The number of amides is 2. The normalized spacial score (nSPS) is 10.9. The van der Waals surface area contributed by atoms with Gasteiger partial charge in [0.15, 0.2) is 0 Å². The summed E-state index contributed by atoms with van der Waals surface area (Å²) in [5.74, 6) is -2.11. The Labute approximate surface area is 244 Å². The quantitative estimate of drug-likeness (QED) is 0.0906. The van der Waals surface area contributed by atoms with Gasteiger partial charge in [-0.1, -0.05) is 117 Å². The molecular formula is C32H60N2O6. The highest BCUT2D eigenvalue weighted by Crippen LogP contribution is 2.13. The minimum atomic E-state index is -0.968. The maximum Gasteiger partial charge on any atom is 0.305 e. The zero-order valence-corrected chi connectivity index (χ0v) is 25.8. The van der Waals surface area contributed by atoms with Crippen molar-refractivity contribution in [1.82, 2.24) is 9.80 Å². The van der Waals surface area contributed by atoms with Crippen molar-refractivity contribution < 1.29 is 29.4 Å². The molecule has 0 spiro atoms. The minimum absolute atomic E-state index is 0.0891. The van der Waals surface area contributed by atoms with Gasteiger partial charge in [0.05, 0.1) is 12.8 Å². The first kappa shape index (κ1) is 37.9. The fourth-order valence-corrected chi connectivity index (χ4v) is 4.92. The lowest BCUT2D eigenvalue weighted by Gasteiger charge is -2.28. The molecule has 2 N–H and O–H groups in total. The number of aliphatic carboxylic acids is 2. The molecule has 0 atom stereocenters. The molecule has 0 unspecified atom stereocenters. The molecule has 8 heteroatoms. The molecule has 0 rings (SSSR count). The van der Waals surface area contributed by atoms with E-state index in [1.807, 2.05) is 0 Å². The molecular weight excluding hydrogens is 508 g/mol. The molecule has 0 heterocycles. The third-order valence-electron chi connectivity index (χ3n) is 7.52. The van der Waals surface area contributed by atoms with Crippen molar-refractivity contribution in [3.05, 3.63) is 0 Å². The van der Waals surface area contributed by atoms with Gasteiger partial charge in [-0.3, -0.25) is 19.2 Å². The highest BCUT2D eigenvalue weighted by molar-refractivity contribution is 5.78. The van der Waals surface area contributed by atoms with E-state index in [0.29, 0.717) is 12.8 Å². The zero-order valence-electron chi connectivity index (χ0n) is 25.8. The highest BCUT2D eigenvalue weighted by atomic mass is 16.4. The molecule has 0 bridgehead atoms. The third-order valence-corrected chi connectivity index (χ3v) is 7.52. The monoisotopic (exact) mass is 568 g/mol. The number of carbonyl (C=O) groups excluding carboxylic acids is 2. The second-order valence-electron chi connectivity index (χ2n) is 11.2. The van der Waals surface area contributed by atoms with Gasteiger partial charge in [-0.25, -0.2) is 0 Å². The molecule has 0 aliphatic heterocycles. The van der Waals surface area contributed by atoms with E-state index in [-0.39, 0.29) is 50.8 Å². The summed E-state index contributed by atoms with van der Waals surface area (Å²) in [5, 5.41) is 18.3. The van der Waals surface area contributed by atoms with Crippen molar-refractivity contribution >= 4 is 23.8 Å². The third kappa shape index (κ3) is 23.7. The van der Waals surface area contributed by atoms with Gasteiger partial charge in [-0.15, -0.1) is 0 Å². The first-order chi connectivity index (χ1) is 19.3. The standard InChI is InChI=1S/C32H60N2O6/c1-3-5-7-9-11-13-15-17-19-21-29(35)33(25-23-31(37)38)27-28-34(26-24-32(39)40)30(36)22-20-18-16-14-12-10-8-6-4-2/h3-28H2,1-2H3,(H,37,38)(H,39,40). The molecule has 0 aliphatic rings. The van der Waals surface area contributed by atoms with E-state index in [4.69, 9.17) is 10.2 Å². The predicted octanol–water partition coefficient (Wildman–Crippen LogP) is 7.43. The van der Waals surface area contributed by atoms with Crippen LogP contribution in [-0.4, -0.2) is 69.9 Å². The van der Waals surface area contributed by atoms with Crippen molar-refractivity contribution in [1.29, 1.82) is 0 Å². The number of hydrogen-bond donors (Lipinski definition) is 2. The Kier molecular flexibility index (Phi) is 25.6. The molecule has 0 saturated heterocycles. The van der Waals surface area contributed by atoms with Gasteiger partial charge in [0, 0.05) is 39.0 Å². The fraction of sp³-hybridized carbons (Fsp3) is 0.875. The van der Waals surface area contributed by atoms with Gasteiger partial charge in [0.2, 0.25) is 11.8 Å². The van der Waals surface area contributed by atoms with E-state index < -0.39 is 11.9 Å². The molecule has 0 radical (unpaired) electrons. The van der Waals surface area contributed by atoms with Crippen molar-refractivity contribution in [2.24, 2.45) is 0 Å². The minimum Gasteiger partial charge on any atom is -0.481 e. The van der Waals surface area contributed by atoms with Gasteiger partial charge in [-0.05, 0) is 12.8 Å². The molecule has 0 aliphatic carbocycles. The van der Waals surface area contributed by atoms with Crippen molar-refractivity contribution in [3.8, 4) is 0 Å². The summed E-state index contributed by atoms with van der Waals surface area (Å²) in [6.07, 6.45) is 21.2. The molecule has 0 aromatic rings. The van der Waals surface area contributed by atoms with E-state index in [1.165, 1.54) is 77.0 Å². The highest BCUT2D eigenvalue weighted by Gasteiger charge is 2.19. The summed E-state index contributed by atoms with van der Waals surface area (Å²) in [5.41, 5.74) is 0. The van der Waals surface area contributed by atoms with Gasteiger partial charge in [-0.2, -0.15) is 0 Å². The van der Waals surface area contributed by atoms with Crippen LogP contribution in [0.1, 0.15) is 155 Å². The summed E-state index contributed by atoms with van der Waals surface area (Å²) in [7, 11) is 0. The average Bonchev–Trinajstić information content (AvgIpc) is 2.92. The first-order valence-corrected chi connectivity index (χ1v) is 16.3. The van der Waals surface area contributed by atoms with Crippen LogP contribution in [0, 0.1) is 0 Å². The molecule has 2 amide bonds. The smallest absolute Gasteiger partial charge is 0.305 e. The zero-order chi connectivity index (χ0) is 29.8. The SMILES string of the molecule is CCCCCCCCCCCC(=O)N(CCC(=O)O)CCN(CCC(=O)O)C(=O)CCCCCCCCCCC. The maximum atomic E-state index is 12.9. The maximum absolute atomic E-state index is 12.9. The van der Waals surface area contributed by atoms with E-state index in [0.717, 1.165) is 38.5 Å². The van der Waals surface area contributed by atoms with Crippen LogP contribution >= 0.6 is 0 Å². The Bertz CT molecular complexity index is 614. The van der Waals surface area contributed by atoms with Crippen LogP contribution in [0.2, 0.25) is 0 Å². The molecule has 234 valence electrons. The Morgan fingerprint density at radius 1 is 0.400 bits per heavy atom. The largest absolute Gasteiger partial charge is 0.481 e. The molecule has 8 nitrogen and oxygen atoms in total. The summed E-state index contributed by atoms with van der Waals surface area (Å²) in [6.45, 7) is 5.08. The molecule has 40 heavy (non-hydrogen) atoms. The second kappa shape index (κ2) is 27.1. The Balaban J connectivity index is 4.62. The van der Waals surface area contributed by atoms with Crippen molar-refractivity contribution in [3.63, 3.8) is 0 Å². The van der Waals surface area contributed by atoms with E-state index in [1.54, 1.807) is 9.80 Å². The lowest BCUT2D eigenvalue weighted by atomic mass is 10.1. The number of carbonyl (C=O) groups is 4. The summed E-state index contributed by atoms with van der Waals surface area (Å²) in [4.78, 5) is 51.2. The topological polar surface area (TPSA) is 115 Å². The molecule has 0 fully saturated rings. The molecule has 0 aromatic heterocycles. The Morgan fingerprint density at radius 2 is 0.675 bits per heavy atom. The van der Waals surface area contributed by atoms with Gasteiger partial charge in [0.25, 0.3) is 0 Å². The van der Waals surface area contributed by atoms with Crippen LogP contribution in [0.4, 0.5) is 0 Å². The van der Waals surface area contributed by atoms with E-state index in [9.17, 15) is 19.2 Å². The molecule has 0 saturated carbocycles. The van der Waals surface area contributed by atoms with Crippen LogP contribution in [-0.2, 0) is 19.2 Å². The first-order valence-electron chi connectivity index (χ1n) is 16.3. The predicted molar refractivity (Wildman–Crippen MR) is 161 cm³/mol.